The van der Waals surface area contributed by atoms with Gasteiger partial charge in [-0.25, -0.2) is 4.79 Å². The number of unbranched alkanes of at least 4 members (excludes halogenated alkanes) is 1. The Kier molecular flexibility index (Phi) is 2.06. The highest BCUT2D eigenvalue weighted by molar-refractivity contribution is 5.87. The van der Waals surface area contributed by atoms with Gasteiger partial charge in [-0.3, -0.25) is 5.10 Å². The second-order valence-corrected chi connectivity index (χ2v) is 4.97. The molecule has 0 aromatic carbocycles. The third-order valence-corrected chi connectivity index (χ3v) is 4.09. The Balaban J connectivity index is 1.78. The highest BCUT2D eigenvalue weighted by Crippen LogP contribution is 2.63. The lowest BCUT2D eigenvalue weighted by atomic mass is 10.0. The summed E-state index contributed by atoms with van der Waals surface area (Å²) in [6.07, 6.45) is 4.72. The number of rotatable bonds is 4. The quantitative estimate of drug-likeness (QED) is 0.817. The number of carboxylic acid groups (broad SMARTS) is 1. The third kappa shape index (κ3) is 1.22. The lowest BCUT2D eigenvalue weighted by Crippen LogP contribution is -2.02. The summed E-state index contributed by atoms with van der Waals surface area (Å²) in [7, 11) is 0. The van der Waals surface area contributed by atoms with E-state index in [1.54, 1.807) is 0 Å². The molecule has 3 atom stereocenters. The fourth-order valence-corrected chi connectivity index (χ4v) is 3.24. The first-order chi connectivity index (χ1) is 7.74. The van der Waals surface area contributed by atoms with Gasteiger partial charge in [-0.2, -0.15) is 5.10 Å². The lowest BCUT2D eigenvalue weighted by molar-refractivity contribution is 0.0689. The number of nitrogens with one attached hydrogen (secondary N) is 1. The number of nitrogens with zero attached hydrogens (tertiary/aromatic N) is 1. The molecule has 2 aliphatic carbocycles. The van der Waals surface area contributed by atoms with Crippen molar-refractivity contribution in [2.24, 2.45) is 11.8 Å². The fraction of sp³-hybridized carbons (Fsp3) is 0.667. The van der Waals surface area contributed by atoms with Crippen LogP contribution in [0.2, 0.25) is 0 Å². The second-order valence-electron chi connectivity index (χ2n) is 4.97. The molecule has 0 unspecified atom stereocenters. The van der Waals surface area contributed by atoms with Gasteiger partial charge in [0.2, 0.25) is 0 Å². The molecule has 3 rings (SSSR count). The van der Waals surface area contributed by atoms with E-state index >= 15 is 0 Å². The molecule has 0 radical (unpaired) electrons. The molecular weight excluding hydrogens is 204 g/mol. The molecule has 2 aliphatic rings. The molecule has 1 fully saturated rings. The molecule has 86 valence electrons. The summed E-state index contributed by atoms with van der Waals surface area (Å²) in [5, 5.41) is 15.8. The number of aromatic carboxylic acids is 1. The number of carboxylic acids is 1. The molecule has 1 aromatic heterocycles. The zero-order valence-corrected chi connectivity index (χ0v) is 9.36. The van der Waals surface area contributed by atoms with Gasteiger partial charge in [-0.1, -0.05) is 19.8 Å². The van der Waals surface area contributed by atoms with Crippen molar-refractivity contribution in [1.82, 2.24) is 10.2 Å². The van der Waals surface area contributed by atoms with E-state index in [2.05, 4.69) is 17.1 Å². The van der Waals surface area contributed by atoms with Crippen LogP contribution in [0, 0.1) is 11.8 Å². The summed E-state index contributed by atoms with van der Waals surface area (Å²) in [5.74, 6) is 1.15. The van der Waals surface area contributed by atoms with Gasteiger partial charge in [0.15, 0.2) is 0 Å². The molecule has 1 saturated carbocycles. The van der Waals surface area contributed by atoms with E-state index < -0.39 is 5.97 Å². The number of carbonyl (C=O) groups is 1. The Morgan fingerprint density at radius 1 is 1.62 bits per heavy atom. The van der Waals surface area contributed by atoms with E-state index in [0.717, 1.165) is 23.6 Å². The van der Waals surface area contributed by atoms with Crippen molar-refractivity contribution in [1.29, 1.82) is 0 Å². The summed E-state index contributed by atoms with van der Waals surface area (Å²) in [6.45, 7) is 2.21. The van der Waals surface area contributed by atoms with Gasteiger partial charge in [-0.15, -0.1) is 0 Å². The van der Waals surface area contributed by atoms with Gasteiger partial charge >= 0.3 is 5.97 Å². The van der Waals surface area contributed by atoms with Crippen molar-refractivity contribution < 1.29 is 9.90 Å². The van der Waals surface area contributed by atoms with Crippen molar-refractivity contribution in [3.63, 3.8) is 0 Å². The molecule has 0 bridgehead atoms. The smallest absolute Gasteiger partial charge is 0.354 e. The van der Waals surface area contributed by atoms with Crippen molar-refractivity contribution in [3.05, 3.63) is 17.0 Å². The van der Waals surface area contributed by atoms with Crippen LogP contribution < -0.4 is 0 Å². The maximum atomic E-state index is 10.9. The minimum atomic E-state index is -0.875. The van der Waals surface area contributed by atoms with E-state index in [1.807, 2.05) is 0 Å². The second kappa shape index (κ2) is 3.34. The van der Waals surface area contributed by atoms with Crippen LogP contribution in [-0.4, -0.2) is 21.3 Å². The predicted molar refractivity (Wildman–Crippen MR) is 58.5 cm³/mol. The summed E-state index contributed by atoms with van der Waals surface area (Å²) in [6, 6.07) is 0. The fourth-order valence-electron chi connectivity index (χ4n) is 3.24. The Morgan fingerprint density at radius 3 is 3.12 bits per heavy atom. The Morgan fingerprint density at radius 2 is 2.44 bits per heavy atom. The number of aromatic nitrogens is 2. The first kappa shape index (κ1) is 9.87. The zero-order chi connectivity index (χ0) is 11.3. The van der Waals surface area contributed by atoms with E-state index in [4.69, 9.17) is 5.11 Å². The summed E-state index contributed by atoms with van der Waals surface area (Å²) in [5.41, 5.74) is 2.33. The molecule has 1 heterocycles. The predicted octanol–water partition coefficient (Wildman–Crippen LogP) is 2.18. The van der Waals surface area contributed by atoms with Crippen molar-refractivity contribution >= 4 is 5.97 Å². The summed E-state index contributed by atoms with van der Waals surface area (Å²) < 4.78 is 0. The molecule has 2 N–H and O–H groups in total. The number of hydrogen-bond acceptors (Lipinski definition) is 2. The Bertz CT molecular complexity index is 438. The van der Waals surface area contributed by atoms with Crippen molar-refractivity contribution in [2.45, 2.75) is 38.5 Å². The Labute approximate surface area is 94.1 Å². The molecule has 0 aliphatic heterocycles. The zero-order valence-electron chi connectivity index (χ0n) is 9.36. The van der Waals surface area contributed by atoms with Crippen LogP contribution in [-0.2, 0) is 6.42 Å². The van der Waals surface area contributed by atoms with Gasteiger partial charge in [0.05, 0.1) is 5.69 Å². The van der Waals surface area contributed by atoms with E-state index in [-0.39, 0.29) is 0 Å². The number of aromatic amines is 1. The first-order valence-electron chi connectivity index (χ1n) is 6.04. The van der Waals surface area contributed by atoms with Gasteiger partial charge in [0, 0.05) is 11.5 Å². The van der Waals surface area contributed by atoms with Crippen LogP contribution in [0.25, 0.3) is 0 Å². The van der Waals surface area contributed by atoms with Gasteiger partial charge in [0.1, 0.15) is 5.69 Å². The normalized spacial score (nSPS) is 29.9. The number of H-pyrrole nitrogens is 1. The van der Waals surface area contributed by atoms with E-state index in [1.165, 1.54) is 19.3 Å². The molecule has 16 heavy (non-hydrogen) atoms. The maximum Gasteiger partial charge on any atom is 0.354 e. The highest BCUT2D eigenvalue weighted by atomic mass is 16.4. The Hall–Kier alpha value is -1.32. The van der Waals surface area contributed by atoms with Crippen LogP contribution in [0.3, 0.4) is 0 Å². The van der Waals surface area contributed by atoms with Gasteiger partial charge < -0.3 is 5.11 Å². The largest absolute Gasteiger partial charge is 0.477 e. The maximum absolute atomic E-state index is 10.9. The third-order valence-electron chi connectivity index (χ3n) is 4.09. The molecule has 0 saturated heterocycles. The topological polar surface area (TPSA) is 66.0 Å². The molecular formula is C12H16N2O2. The van der Waals surface area contributed by atoms with Crippen molar-refractivity contribution in [3.8, 4) is 0 Å². The minimum absolute atomic E-state index is 0.316. The number of fused-ring (bicyclic) bond motifs is 3. The van der Waals surface area contributed by atoms with Crippen LogP contribution in [0.15, 0.2) is 0 Å². The summed E-state index contributed by atoms with van der Waals surface area (Å²) in [4.78, 5) is 10.9. The molecule has 0 spiro atoms. The standard InChI is InChI=1S/C12H16N2O2/c1-2-3-4-6-7-5-8-10(9(6)7)13-14-11(8)12(15)16/h6-7,9H,2-5H2,1H3,(H,13,14)(H,15,16)/t6-,7-,9+/m0/s1. The SMILES string of the molecule is CCCC[C@H]1[C@@H]2Cc3c(n[nH]c3C(=O)O)[C@H]12. The first-order valence-corrected chi connectivity index (χ1v) is 6.04. The van der Waals surface area contributed by atoms with Gasteiger partial charge in [-0.05, 0) is 24.7 Å². The molecule has 4 heteroatoms. The molecule has 0 amide bonds. The highest BCUT2D eigenvalue weighted by Gasteiger charge is 2.57. The summed E-state index contributed by atoms with van der Waals surface area (Å²) >= 11 is 0. The van der Waals surface area contributed by atoms with Gasteiger partial charge in [0.25, 0.3) is 0 Å². The van der Waals surface area contributed by atoms with E-state index in [9.17, 15) is 4.79 Å². The van der Waals surface area contributed by atoms with E-state index in [0.29, 0.717) is 17.5 Å². The van der Waals surface area contributed by atoms with Crippen LogP contribution >= 0.6 is 0 Å². The monoisotopic (exact) mass is 220 g/mol. The molecule has 1 aromatic rings. The minimum Gasteiger partial charge on any atom is -0.477 e. The average molecular weight is 220 g/mol. The average Bonchev–Trinajstić information content (AvgIpc) is 2.60. The lowest BCUT2D eigenvalue weighted by Gasteiger charge is -2.02. The van der Waals surface area contributed by atoms with Crippen molar-refractivity contribution in [2.75, 3.05) is 0 Å². The number of hydrogen-bond donors (Lipinski definition) is 2. The van der Waals surface area contributed by atoms with Crippen LogP contribution in [0.1, 0.15) is 53.8 Å². The molecule has 4 nitrogen and oxygen atoms in total. The van der Waals surface area contributed by atoms with Crippen LogP contribution in [0.5, 0.6) is 0 Å². The van der Waals surface area contributed by atoms with Crippen LogP contribution in [0.4, 0.5) is 0 Å².